The van der Waals surface area contributed by atoms with Crippen LogP contribution in [0.2, 0.25) is 0 Å². The van der Waals surface area contributed by atoms with Crippen molar-refractivity contribution in [1.29, 1.82) is 0 Å². The molecule has 0 aromatic carbocycles. The standard InChI is InChI=1S/C20H32N6.HI/c1-17-9-7-10-19-24-18(16-26(17)19)15-23-20(21-2)22-11-8-14-25-12-5-3-4-6-13-25;/h7,9-10,16H,3-6,8,11-15H2,1-2H3,(H2,21,22,23);1H. The van der Waals surface area contributed by atoms with Crippen LogP contribution in [0.5, 0.6) is 0 Å². The zero-order valence-corrected chi connectivity index (χ0v) is 18.9. The van der Waals surface area contributed by atoms with Gasteiger partial charge in [0.2, 0.25) is 0 Å². The summed E-state index contributed by atoms with van der Waals surface area (Å²) in [6.07, 6.45) is 8.74. The minimum Gasteiger partial charge on any atom is -0.356 e. The molecule has 0 atom stereocenters. The monoisotopic (exact) mass is 484 g/mol. The summed E-state index contributed by atoms with van der Waals surface area (Å²) in [6.45, 7) is 7.42. The van der Waals surface area contributed by atoms with Gasteiger partial charge in [-0.05, 0) is 58.0 Å². The molecule has 3 rings (SSSR count). The Hall–Kier alpha value is -1.35. The van der Waals surface area contributed by atoms with Gasteiger partial charge >= 0.3 is 0 Å². The molecule has 2 N–H and O–H groups in total. The van der Waals surface area contributed by atoms with E-state index in [4.69, 9.17) is 0 Å². The molecule has 1 saturated heterocycles. The summed E-state index contributed by atoms with van der Waals surface area (Å²) in [4.78, 5) is 11.6. The van der Waals surface area contributed by atoms with E-state index in [1.54, 1.807) is 0 Å². The second kappa shape index (κ2) is 11.5. The molecule has 0 saturated carbocycles. The molecule has 1 aliphatic rings. The highest BCUT2D eigenvalue weighted by atomic mass is 127. The first kappa shape index (κ1) is 21.9. The predicted octanol–water partition coefficient (Wildman–Crippen LogP) is 3.19. The number of fused-ring (bicyclic) bond motifs is 1. The number of nitrogens with one attached hydrogen (secondary N) is 2. The molecule has 7 heteroatoms. The molecular formula is C20H33IN6. The molecule has 1 aliphatic heterocycles. The largest absolute Gasteiger partial charge is 0.356 e. The highest BCUT2D eigenvalue weighted by Gasteiger charge is 2.08. The van der Waals surface area contributed by atoms with Crippen LogP contribution in [-0.4, -0.2) is 53.5 Å². The fourth-order valence-corrected chi connectivity index (χ4v) is 3.55. The van der Waals surface area contributed by atoms with E-state index >= 15 is 0 Å². The van der Waals surface area contributed by atoms with Gasteiger partial charge in [0.1, 0.15) is 5.65 Å². The highest BCUT2D eigenvalue weighted by molar-refractivity contribution is 14.0. The first-order valence-corrected chi connectivity index (χ1v) is 9.87. The Balaban J connectivity index is 0.00000261. The summed E-state index contributed by atoms with van der Waals surface area (Å²) in [5.41, 5.74) is 3.20. The van der Waals surface area contributed by atoms with Gasteiger partial charge in [0.15, 0.2) is 5.96 Å². The molecule has 2 aromatic rings. The molecule has 0 radical (unpaired) electrons. The predicted molar refractivity (Wildman–Crippen MR) is 123 cm³/mol. The number of rotatable bonds is 6. The molecule has 0 spiro atoms. The van der Waals surface area contributed by atoms with Gasteiger partial charge in [-0.15, -0.1) is 24.0 Å². The smallest absolute Gasteiger partial charge is 0.191 e. The molecule has 3 heterocycles. The number of aromatic nitrogens is 2. The van der Waals surface area contributed by atoms with Crippen molar-refractivity contribution in [2.24, 2.45) is 4.99 Å². The Morgan fingerprint density at radius 3 is 2.63 bits per heavy atom. The van der Waals surface area contributed by atoms with Gasteiger partial charge in [0.25, 0.3) is 0 Å². The van der Waals surface area contributed by atoms with Crippen LogP contribution in [0.25, 0.3) is 5.65 Å². The van der Waals surface area contributed by atoms with Crippen molar-refractivity contribution >= 4 is 35.6 Å². The van der Waals surface area contributed by atoms with Crippen LogP contribution in [0.15, 0.2) is 29.4 Å². The summed E-state index contributed by atoms with van der Waals surface area (Å²) < 4.78 is 2.12. The second-order valence-electron chi connectivity index (χ2n) is 7.09. The lowest BCUT2D eigenvalue weighted by atomic mass is 10.2. The number of aliphatic imine (C=N–C) groups is 1. The third-order valence-electron chi connectivity index (χ3n) is 5.05. The van der Waals surface area contributed by atoms with E-state index in [2.05, 4.69) is 49.1 Å². The van der Waals surface area contributed by atoms with Gasteiger partial charge in [-0.25, -0.2) is 4.98 Å². The lowest BCUT2D eigenvalue weighted by molar-refractivity contribution is 0.282. The van der Waals surface area contributed by atoms with E-state index < -0.39 is 0 Å². The van der Waals surface area contributed by atoms with Crippen LogP contribution in [0, 0.1) is 6.92 Å². The number of halogens is 1. The third-order valence-corrected chi connectivity index (χ3v) is 5.05. The maximum Gasteiger partial charge on any atom is 0.191 e. The third kappa shape index (κ3) is 6.64. The van der Waals surface area contributed by atoms with Gasteiger partial charge in [-0.2, -0.15) is 0 Å². The maximum absolute atomic E-state index is 4.66. The fourth-order valence-electron chi connectivity index (χ4n) is 3.55. The summed E-state index contributed by atoms with van der Waals surface area (Å²) >= 11 is 0. The quantitative estimate of drug-likeness (QED) is 0.286. The number of imidazole rings is 1. The number of pyridine rings is 1. The Bertz CT molecular complexity index is 718. The van der Waals surface area contributed by atoms with Crippen LogP contribution < -0.4 is 10.6 Å². The van der Waals surface area contributed by atoms with Gasteiger partial charge in [-0.3, -0.25) is 4.99 Å². The van der Waals surface area contributed by atoms with Crippen LogP contribution in [-0.2, 0) is 6.54 Å². The molecule has 0 unspecified atom stereocenters. The number of guanidine groups is 1. The zero-order chi connectivity index (χ0) is 18.2. The van der Waals surface area contributed by atoms with Crippen LogP contribution in [0.3, 0.4) is 0 Å². The zero-order valence-electron chi connectivity index (χ0n) is 16.6. The molecule has 2 aromatic heterocycles. The van der Waals surface area contributed by atoms with Gasteiger partial charge in [0, 0.05) is 25.5 Å². The minimum atomic E-state index is 0. The Kier molecular flexibility index (Phi) is 9.33. The number of hydrogen-bond donors (Lipinski definition) is 2. The first-order valence-electron chi connectivity index (χ1n) is 9.87. The van der Waals surface area contributed by atoms with E-state index in [9.17, 15) is 0 Å². The molecule has 6 nitrogen and oxygen atoms in total. The van der Waals surface area contributed by atoms with E-state index in [0.29, 0.717) is 6.54 Å². The lowest BCUT2D eigenvalue weighted by Crippen LogP contribution is -2.38. The van der Waals surface area contributed by atoms with E-state index in [-0.39, 0.29) is 24.0 Å². The number of nitrogens with zero attached hydrogens (tertiary/aromatic N) is 4. The second-order valence-corrected chi connectivity index (χ2v) is 7.09. The van der Waals surface area contributed by atoms with Crippen molar-refractivity contribution in [1.82, 2.24) is 24.9 Å². The highest BCUT2D eigenvalue weighted by Crippen LogP contribution is 2.10. The minimum absolute atomic E-state index is 0. The van der Waals surface area contributed by atoms with E-state index in [1.807, 2.05) is 19.2 Å². The van der Waals surface area contributed by atoms with Gasteiger partial charge < -0.3 is 19.9 Å². The van der Waals surface area contributed by atoms with Crippen LogP contribution in [0.1, 0.15) is 43.5 Å². The maximum atomic E-state index is 4.66. The first-order chi connectivity index (χ1) is 12.8. The Morgan fingerprint density at radius 2 is 1.93 bits per heavy atom. The van der Waals surface area contributed by atoms with E-state index in [1.165, 1.54) is 51.0 Å². The molecule has 1 fully saturated rings. The van der Waals surface area contributed by atoms with Gasteiger partial charge in [-0.1, -0.05) is 18.9 Å². The van der Waals surface area contributed by atoms with Gasteiger partial charge in [0.05, 0.1) is 12.2 Å². The Morgan fingerprint density at radius 1 is 1.15 bits per heavy atom. The molecule has 0 bridgehead atoms. The Labute approximate surface area is 179 Å². The molecule has 0 aliphatic carbocycles. The summed E-state index contributed by atoms with van der Waals surface area (Å²) in [5, 5.41) is 6.78. The number of hydrogen-bond acceptors (Lipinski definition) is 3. The van der Waals surface area contributed by atoms with Crippen LogP contribution in [0.4, 0.5) is 0 Å². The molecular weight excluding hydrogens is 451 g/mol. The van der Waals surface area contributed by atoms with Crippen molar-refractivity contribution < 1.29 is 0 Å². The average Bonchev–Trinajstić information content (AvgIpc) is 2.90. The molecule has 27 heavy (non-hydrogen) atoms. The van der Waals surface area contributed by atoms with Crippen molar-refractivity contribution in [3.63, 3.8) is 0 Å². The normalized spacial score (nSPS) is 16.0. The van der Waals surface area contributed by atoms with E-state index in [0.717, 1.165) is 30.3 Å². The summed E-state index contributed by atoms with van der Waals surface area (Å²) in [6, 6.07) is 6.17. The molecule has 0 amide bonds. The van der Waals surface area contributed by atoms with Crippen LogP contribution >= 0.6 is 24.0 Å². The van der Waals surface area contributed by atoms with Crippen molar-refractivity contribution in [3.05, 3.63) is 35.8 Å². The average molecular weight is 484 g/mol. The lowest BCUT2D eigenvalue weighted by Gasteiger charge is -2.20. The van der Waals surface area contributed by atoms with Crippen molar-refractivity contribution in [2.45, 2.75) is 45.6 Å². The molecule has 150 valence electrons. The SMILES string of the molecule is CN=C(NCCCN1CCCCCC1)NCc1cn2c(C)cccc2n1.I. The summed E-state index contributed by atoms with van der Waals surface area (Å²) in [7, 11) is 1.82. The summed E-state index contributed by atoms with van der Waals surface area (Å²) in [5.74, 6) is 0.842. The fraction of sp³-hybridized carbons (Fsp3) is 0.600. The van der Waals surface area contributed by atoms with Crippen molar-refractivity contribution in [3.8, 4) is 0 Å². The topological polar surface area (TPSA) is 57.0 Å². The number of aryl methyl sites for hydroxylation is 1. The van der Waals surface area contributed by atoms with Crippen molar-refractivity contribution in [2.75, 3.05) is 33.2 Å². The number of likely N-dealkylation sites (tertiary alicyclic amines) is 1.